The summed E-state index contributed by atoms with van der Waals surface area (Å²) in [6, 6.07) is 6.85. The van der Waals surface area contributed by atoms with Gasteiger partial charge in [-0.15, -0.1) is 11.3 Å². The Hall–Kier alpha value is -2.47. The van der Waals surface area contributed by atoms with E-state index in [0.717, 1.165) is 23.4 Å². The fraction of sp³-hybridized carbons (Fsp3) is 0.300. The highest BCUT2D eigenvalue weighted by Gasteiger charge is 2.30. The first-order valence-corrected chi connectivity index (χ1v) is 9.39. The molecule has 2 heterocycles. The van der Waals surface area contributed by atoms with Gasteiger partial charge in [0, 0.05) is 23.4 Å². The number of hydrogen-bond donors (Lipinski definition) is 1. The molecule has 6 heteroatoms. The molecule has 136 valence electrons. The van der Waals surface area contributed by atoms with Crippen molar-refractivity contribution in [3.05, 3.63) is 57.5 Å². The molecule has 0 radical (unpaired) electrons. The van der Waals surface area contributed by atoms with E-state index in [2.05, 4.69) is 42.3 Å². The number of hydrogen-bond acceptors (Lipinski definition) is 4. The van der Waals surface area contributed by atoms with Crippen molar-refractivity contribution < 1.29 is 9.18 Å². The van der Waals surface area contributed by atoms with Crippen LogP contribution < -0.4 is 10.3 Å². The molecule has 0 atom stereocenters. The molecule has 1 N–H and O–H groups in total. The molecular formula is C20H22FN3OS. The summed E-state index contributed by atoms with van der Waals surface area (Å²) in [6.45, 7) is 9.12. The van der Waals surface area contributed by atoms with Crippen molar-refractivity contribution in [2.75, 3.05) is 11.4 Å². The molecule has 4 nitrogen and oxygen atoms in total. The fourth-order valence-electron chi connectivity index (χ4n) is 3.41. The van der Waals surface area contributed by atoms with Gasteiger partial charge in [-0.1, -0.05) is 12.1 Å². The monoisotopic (exact) mass is 371 g/mol. The number of thiophene rings is 1. The van der Waals surface area contributed by atoms with E-state index >= 15 is 0 Å². The maximum absolute atomic E-state index is 14.6. The molecule has 1 aliphatic heterocycles. The standard InChI is InChI=1S/C20H22FN3OS/c1-5-24-17-10-16(21)14(9-15(17)13(2)11-20(24,3)4)12-22-23-19(25)18-7-6-8-26-18/h6-12H,5H2,1-4H3,(H,23,25)/b22-12+. The first-order valence-electron chi connectivity index (χ1n) is 8.51. The number of nitrogens with zero attached hydrogens (tertiary/aromatic N) is 2. The second kappa shape index (κ2) is 7.03. The van der Waals surface area contributed by atoms with E-state index < -0.39 is 0 Å². The molecule has 3 rings (SSSR count). The van der Waals surface area contributed by atoms with E-state index in [1.807, 2.05) is 12.3 Å². The van der Waals surface area contributed by atoms with Gasteiger partial charge in [0.15, 0.2) is 0 Å². The molecular weight excluding hydrogens is 349 g/mol. The number of fused-ring (bicyclic) bond motifs is 1. The van der Waals surface area contributed by atoms with E-state index in [1.165, 1.54) is 17.6 Å². The Balaban J connectivity index is 1.88. The lowest BCUT2D eigenvalue weighted by Gasteiger charge is -2.42. The number of anilines is 1. The van der Waals surface area contributed by atoms with Crippen molar-refractivity contribution in [3.63, 3.8) is 0 Å². The van der Waals surface area contributed by atoms with Gasteiger partial charge in [0.25, 0.3) is 5.91 Å². The predicted molar refractivity (Wildman–Crippen MR) is 107 cm³/mol. The Morgan fingerprint density at radius 3 is 2.85 bits per heavy atom. The molecule has 1 amide bonds. The zero-order valence-corrected chi connectivity index (χ0v) is 16.2. The summed E-state index contributed by atoms with van der Waals surface area (Å²) >= 11 is 1.33. The summed E-state index contributed by atoms with van der Waals surface area (Å²) in [5.74, 6) is -0.661. The number of carbonyl (C=O) groups is 1. The van der Waals surface area contributed by atoms with Gasteiger partial charge in [-0.05, 0) is 56.8 Å². The molecule has 0 saturated heterocycles. The van der Waals surface area contributed by atoms with Crippen LogP contribution in [0.3, 0.4) is 0 Å². The quantitative estimate of drug-likeness (QED) is 0.627. The van der Waals surface area contributed by atoms with Crippen LogP contribution in [0.15, 0.2) is 40.8 Å². The Morgan fingerprint density at radius 1 is 1.42 bits per heavy atom. The van der Waals surface area contributed by atoms with Gasteiger partial charge in [-0.25, -0.2) is 9.82 Å². The maximum Gasteiger partial charge on any atom is 0.281 e. The number of nitrogens with one attached hydrogen (secondary N) is 1. The number of allylic oxidation sites excluding steroid dienone is 1. The number of hydrazone groups is 1. The maximum atomic E-state index is 14.6. The summed E-state index contributed by atoms with van der Waals surface area (Å²) in [5.41, 5.74) is 5.59. The third kappa shape index (κ3) is 3.42. The summed E-state index contributed by atoms with van der Waals surface area (Å²) in [7, 11) is 0. The molecule has 1 aliphatic rings. The van der Waals surface area contributed by atoms with Gasteiger partial charge in [-0.3, -0.25) is 4.79 Å². The minimum Gasteiger partial charge on any atom is -0.363 e. The van der Waals surface area contributed by atoms with Gasteiger partial charge >= 0.3 is 0 Å². The lowest BCUT2D eigenvalue weighted by Crippen LogP contribution is -2.45. The number of amides is 1. The summed E-state index contributed by atoms with van der Waals surface area (Å²) in [6.07, 6.45) is 3.54. The number of rotatable bonds is 4. The zero-order valence-electron chi connectivity index (χ0n) is 15.3. The fourth-order valence-corrected chi connectivity index (χ4v) is 4.03. The van der Waals surface area contributed by atoms with Crippen LogP contribution in [0, 0.1) is 5.82 Å². The minimum absolute atomic E-state index is 0.164. The molecule has 2 aromatic rings. The van der Waals surface area contributed by atoms with Crippen LogP contribution in [0.4, 0.5) is 10.1 Å². The summed E-state index contributed by atoms with van der Waals surface area (Å²) in [4.78, 5) is 14.6. The topological polar surface area (TPSA) is 44.7 Å². The van der Waals surface area contributed by atoms with Crippen LogP contribution in [0.1, 0.15) is 48.5 Å². The molecule has 0 spiro atoms. The normalized spacial score (nSPS) is 15.7. The van der Waals surface area contributed by atoms with Crippen molar-refractivity contribution in [1.82, 2.24) is 5.43 Å². The van der Waals surface area contributed by atoms with Crippen LogP contribution in [0.2, 0.25) is 0 Å². The second-order valence-electron chi connectivity index (χ2n) is 6.79. The molecule has 0 fully saturated rings. The zero-order chi connectivity index (χ0) is 18.9. The number of carbonyl (C=O) groups excluding carboxylic acids is 1. The lowest BCUT2D eigenvalue weighted by molar-refractivity contribution is 0.0959. The Bertz CT molecular complexity index is 885. The smallest absolute Gasteiger partial charge is 0.281 e. The average molecular weight is 371 g/mol. The lowest BCUT2D eigenvalue weighted by atomic mass is 9.88. The highest BCUT2D eigenvalue weighted by Crippen LogP contribution is 2.39. The van der Waals surface area contributed by atoms with Gasteiger partial charge in [0.05, 0.1) is 16.6 Å². The van der Waals surface area contributed by atoms with E-state index in [1.54, 1.807) is 24.3 Å². The predicted octanol–water partition coefficient (Wildman–Crippen LogP) is 4.67. The highest BCUT2D eigenvalue weighted by atomic mass is 32.1. The van der Waals surface area contributed by atoms with E-state index in [-0.39, 0.29) is 17.3 Å². The third-order valence-electron chi connectivity index (χ3n) is 4.53. The Kier molecular flexibility index (Phi) is 4.96. The SMILES string of the molecule is CCN1c2cc(F)c(/C=N/NC(=O)c3cccs3)cc2C(C)=CC1(C)C. The largest absolute Gasteiger partial charge is 0.363 e. The van der Waals surface area contributed by atoms with Crippen LogP contribution in [0.25, 0.3) is 5.57 Å². The number of likely N-dealkylation sites (N-methyl/N-ethyl adjacent to an activating group) is 1. The minimum atomic E-state index is -0.359. The van der Waals surface area contributed by atoms with Gasteiger partial charge in [0.1, 0.15) is 5.82 Å². The van der Waals surface area contributed by atoms with Crippen LogP contribution in [-0.4, -0.2) is 24.2 Å². The first kappa shape index (κ1) is 18.3. The molecule has 26 heavy (non-hydrogen) atoms. The number of benzene rings is 1. The van der Waals surface area contributed by atoms with Crippen molar-refractivity contribution in [2.45, 2.75) is 33.2 Å². The molecule has 1 aromatic heterocycles. The molecule has 0 aliphatic carbocycles. The van der Waals surface area contributed by atoms with Gasteiger partial charge < -0.3 is 4.90 Å². The summed E-state index contributed by atoms with van der Waals surface area (Å²) in [5, 5.41) is 5.73. The third-order valence-corrected chi connectivity index (χ3v) is 5.40. The van der Waals surface area contributed by atoms with Crippen molar-refractivity contribution in [3.8, 4) is 0 Å². The van der Waals surface area contributed by atoms with Crippen molar-refractivity contribution >= 4 is 34.7 Å². The van der Waals surface area contributed by atoms with Gasteiger partial charge in [-0.2, -0.15) is 5.10 Å². The van der Waals surface area contributed by atoms with E-state index in [9.17, 15) is 9.18 Å². The average Bonchev–Trinajstić information content (AvgIpc) is 3.10. The van der Waals surface area contributed by atoms with Crippen LogP contribution in [-0.2, 0) is 0 Å². The molecule has 0 unspecified atom stereocenters. The Morgan fingerprint density at radius 2 is 2.19 bits per heavy atom. The highest BCUT2D eigenvalue weighted by molar-refractivity contribution is 7.12. The van der Waals surface area contributed by atoms with Crippen molar-refractivity contribution in [2.24, 2.45) is 5.10 Å². The number of halogens is 1. The van der Waals surface area contributed by atoms with Gasteiger partial charge in [0.2, 0.25) is 0 Å². The van der Waals surface area contributed by atoms with E-state index in [4.69, 9.17) is 0 Å². The summed E-state index contributed by atoms with van der Waals surface area (Å²) < 4.78 is 14.6. The van der Waals surface area contributed by atoms with Crippen LogP contribution >= 0.6 is 11.3 Å². The Labute approximate surface area is 157 Å². The van der Waals surface area contributed by atoms with Crippen molar-refractivity contribution in [1.29, 1.82) is 0 Å². The molecule has 0 saturated carbocycles. The molecule has 0 bridgehead atoms. The second-order valence-corrected chi connectivity index (χ2v) is 7.74. The molecule has 1 aromatic carbocycles. The van der Waals surface area contributed by atoms with Crippen LogP contribution in [0.5, 0.6) is 0 Å². The van der Waals surface area contributed by atoms with E-state index in [0.29, 0.717) is 10.4 Å². The first-order chi connectivity index (χ1) is 12.3.